The molecule has 0 saturated carbocycles. The summed E-state index contributed by atoms with van der Waals surface area (Å²) in [5, 5.41) is 0.180. The van der Waals surface area contributed by atoms with Crippen LogP contribution in [0.25, 0.3) is 5.95 Å². The third-order valence-electron chi connectivity index (χ3n) is 2.92. The second-order valence-corrected chi connectivity index (χ2v) is 4.49. The fourth-order valence-electron chi connectivity index (χ4n) is 1.93. The van der Waals surface area contributed by atoms with Crippen molar-refractivity contribution in [2.45, 2.75) is 6.92 Å². The highest BCUT2D eigenvalue weighted by Crippen LogP contribution is 2.15. The van der Waals surface area contributed by atoms with Crippen LogP contribution in [0.15, 0.2) is 12.4 Å². The Kier molecular flexibility index (Phi) is 3.31. The van der Waals surface area contributed by atoms with Gasteiger partial charge in [0.1, 0.15) is 5.82 Å². The number of aromatic nitrogens is 5. The van der Waals surface area contributed by atoms with Crippen LogP contribution < -0.4 is 4.90 Å². The number of halogens is 1. The third kappa shape index (κ3) is 2.52. The average molecular weight is 281 g/mol. The summed E-state index contributed by atoms with van der Waals surface area (Å²) < 4.78 is 7.09. The van der Waals surface area contributed by atoms with Crippen LogP contribution in [0, 0.1) is 6.92 Å². The smallest absolute Gasteiger partial charge is 0.241 e. The molecule has 7 nitrogen and oxygen atoms in total. The highest BCUT2D eigenvalue weighted by atomic mass is 35.5. The van der Waals surface area contributed by atoms with Crippen molar-refractivity contribution in [2.24, 2.45) is 0 Å². The highest BCUT2D eigenvalue weighted by Gasteiger charge is 2.17. The van der Waals surface area contributed by atoms with Crippen molar-refractivity contribution in [3.63, 3.8) is 0 Å². The van der Waals surface area contributed by atoms with Crippen molar-refractivity contribution in [1.29, 1.82) is 0 Å². The second kappa shape index (κ2) is 5.10. The van der Waals surface area contributed by atoms with E-state index in [4.69, 9.17) is 16.3 Å². The summed E-state index contributed by atoms with van der Waals surface area (Å²) >= 11 is 5.98. The van der Waals surface area contributed by atoms with Crippen molar-refractivity contribution in [3.05, 3.63) is 23.5 Å². The average Bonchev–Trinajstić information content (AvgIpc) is 2.85. The van der Waals surface area contributed by atoms with Crippen molar-refractivity contribution >= 4 is 17.5 Å². The molecule has 0 unspecified atom stereocenters. The molecule has 1 fully saturated rings. The lowest BCUT2D eigenvalue weighted by atomic mass is 10.4. The fourth-order valence-corrected chi connectivity index (χ4v) is 2.08. The Morgan fingerprint density at radius 2 is 1.89 bits per heavy atom. The molecule has 1 saturated heterocycles. The van der Waals surface area contributed by atoms with E-state index in [2.05, 4.69) is 19.9 Å². The van der Waals surface area contributed by atoms with Crippen LogP contribution in [0.2, 0.25) is 5.28 Å². The second-order valence-electron chi connectivity index (χ2n) is 4.15. The van der Waals surface area contributed by atoms with Gasteiger partial charge >= 0.3 is 0 Å². The van der Waals surface area contributed by atoms with E-state index >= 15 is 0 Å². The van der Waals surface area contributed by atoms with Gasteiger partial charge in [0.05, 0.1) is 13.2 Å². The molecule has 0 aromatic carbocycles. The zero-order chi connectivity index (χ0) is 13.2. The van der Waals surface area contributed by atoms with Crippen LogP contribution in [0.1, 0.15) is 5.82 Å². The number of imidazole rings is 1. The molecule has 2 aromatic rings. The first-order valence-electron chi connectivity index (χ1n) is 5.98. The van der Waals surface area contributed by atoms with Crippen molar-refractivity contribution in [1.82, 2.24) is 24.5 Å². The van der Waals surface area contributed by atoms with E-state index in [0.717, 1.165) is 18.9 Å². The van der Waals surface area contributed by atoms with Gasteiger partial charge < -0.3 is 9.64 Å². The van der Waals surface area contributed by atoms with Crippen LogP contribution in [-0.2, 0) is 4.74 Å². The van der Waals surface area contributed by atoms with Gasteiger partial charge in [-0.3, -0.25) is 4.57 Å². The van der Waals surface area contributed by atoms with E-state index < -0.39 is 0 Å². The molecule has 0 aliphatic carbocycles. The van der Waals surface area contributed by atoms with E-state index in [-0.39, 0.29) is 5.28 Å². The molecule has 0 bridgehead atoms. The number of hydrogen-bond acceptors (Lipinski definition) is 6. The van der Waals surface area contributed by atoms with Gasteiger partial charge in [-0.1, -0.05) is 0 Å². The monoisotopic (exact) mass is 280 g/mol. The Morgan fingerprint density at radius 1 is 1.16 bits per heavy atom. The van der Waals surface area contributed by atoms with Gasteiger partial charge in [-0.2, -0.15) is 15.0 Å². The minimum Gasteiger partial charge on any atom is -0.378 e. The molecule has 0 radical (unpaired) electrons. The maximum Gasteiger partial charge on any atom is 0.241 e. The molecule has 3 heterocycles. The minimum atomic E-state index is 0.180. The molecule has 0 N–H and O–H groups in total. The van der Waals surface area contributed by atoms with Crippen molar-refractivity contribution < 1.29 is 4.74 Å². The lowest BCUT2D eigenvalue weighted by Crippen LogP contribution is -2.37. The third-order valence-corrected chi connectivity index (χ3v) is 3.09. The lowest BCUT2D eigenvalue weighted by Gasteiger charge is -2.26. The number of anilines is 1. The Bertz CT molecular complexity index is 580. The predicted molar refractivity (Wildman–Crippen MR) is 69.7 cm³/mol. The SMILES string of the molecule is Cc1nccn1-c1nc(Cl)nc(N2CCOCC2)n1. The number of ether oxygens (including phenoxy) is 1. The van der Waals surface area contributed by atoms with Gasteiger partial charge in [-0.05, 0) is 18.5 Å². The van der Waals surface area contributed by atoms with Gasteiger partial charge in [0.15, 0.2) is 0 Å². The quantitative estimate of drug-likeness (QED) is 0.812. The molecule has 100 valence electrons. The van der Waals surface area contributed by atoms with Gasteiger partial charge in [0.25, 0.3) is 0 Å². The van der Waals surface area contributed by atoms with Crippen LogP contribution in [0.4, 0.5) is 5.95 Å². The fraction of sp³-hybridized carbons (Fsp3) is 0.455. The first-order chi connectivity index (χ1) is 9.24. The molecule has 2 aromatic heterocycles. The number of morpholine rings is 1. The zero-order valence-electron chi connectivity index (χ0n) is 10.5. The number of hydrogen-bond donors (Lipinski definition) is 0. The molecule has 19 heavy (non-hydrogen) atoms. The molecule has 1 aliphatic heterocycles. The molecular formula is C11H13ClN6O. The molecule has 0 amide bonds. The largest absolute Gasteiger partial charge is 0.378 e. The number of nitrogens with zero attached hydrogens (tertiary/aromatic N) is 6. The number of aryl methyl sites for hydroxylation is 1. The van der Waals surface area contributed by atoms with E-state index in [9.17, 15) is 0 Å². The van der Waals surface area contributed by atoms with E-state index in [1.807, 2.05) is 11.8 Å². The van der Waals surface area contributed by atoms with Crippen LogP contribution in [0.5, 0.6) is 0 Å². The van der Waals surface area contributed by atoms with Crippen LogP contribution in [-0.4, -0.2) is 50.8 Å². The first kappa shape index (κ1) is 12.3. The summed E-state index contributed by atoms with van der Waals surface area (Å²) in [5.74, 6) is 1.86. The van der Waals surface area contributed by atoms with Gasteiger partial charge in [-0.25, -0.2) is 4.98 Å². The topological polar surface area (TPSA) is 69.0 Å². The highest BCUT2D eigenvalue weighted by molar-refractivity contribution is 6.28. The summed E-state index contributed by atoms with van der Waals surface area (Å²) in [5.41, 5.74) is 0. The molecule has 0 atom stereocenters. The molecule has 3 rings (SSSR count). The molecule has 8 heteroatoms. The molecule has 0 spiro atoms. The zero-order valence-corrected chi connectivity index (χ0v) is 11.2. The van der Waals surface area contributed by atoms with Crippen LogP contribution >= 0.6 is 11.6 Å². The van der Waals surface area contributed by atoms with Gasteiger partial charge in [0, 0.05) is 25.5 Å². The Hall–Kier alpha value is -1.73. The summed E-state index contributed by atoms with van der Waals surface area (Å²) in [6, 6.07) is 0. The maximum absolute atomic E-state index is 5.98. The first-order valence-corrected chi connectivity index (χ1v) is 6.36. The summed E-state index contributed by atoms with van der Waals surface area (Å²) in [7, 11) is 0. The minimum absolute atomic E-state index is 0.180. The van der Waals surface area contributed by atoms with E-state index in [0.29, 0.717) is 25.1 Å². The van der Waals surface area contributed by atoms with Crippen molar-refractivity contribution in [3.8, 4) is 5.95 Å². The Labute approximate surface area is 115 Å². The van der Waals surface area contributed by atoms with Crippen LogP contribution in [0.3, 0.4) is 0 Å². The van der Waals surface area contributed by atoms with E-state index in [1.54, 1.807) is 17.0 Å². The Balaban J connectivity index is 1.98. The summed E-state index contributed by atoms with van der Waals surface area (Å²) in [6.45, 7) is 4.73. The molecular weight excluding hydrogens is 268 g/mol. The maximum atomic E-state index is 5.98. The molecule has 1 aliphatic rings. The van der Waals surface area contributed by atoms with Gasteiger partial charge in [0.2, 0.25) is 17.2 Å². The van der Waals surface area contributed by atoms with E-state index in [1.165, 1.54) is 0 Å². The van der Waals surface area contributed by atoms with Crippen molar-refractivity contribution in [2.75, 3.05) is 31.2 Å². The summed E-state index contributed by atoms with van der Waals surface area (Å²) in [4.78, 5) is 18.9. The normalized spacial score (nSPS) is 15.8. The lowest BCUT2D eigenvalue weighted by molar-refractivity contribution is 0.122. The van der Waals surface area contributed by atoms with Gasteiger partial charge in [-0.15, -0.1) is 0 Å². The Morgan fingerprint density at radius 3 is 2.58 bits per heavy atom. The number of rotatable bonds is 2. The standard InChI is InChI=1S/C11H13ClN6O/c1-8-13-2-3-18(8)11-15-9(12)14-10(16-11)17-4-6-19-7-5-17/h2-3H,4-7H2,1H3. The predicted octanol–water partition coefficient (Wildman–Crippen LogP) is 0.856. The summed E-state index contributed by atoms with van der Waals surface area (Å²) in [6.07, 6.45) is 3.49.